The van der Waals surface area contributed by atoms with E-state index in [9.17, 15) is 0 Å². The average Bonchev–Trinajstić information content (AvgIpc) is 2.89. The second-order valence-electron chi connectivity index (χ2n) is 6.77. The molecule has 116 valence electrons. The maximum Gasteiger partial charge on any atom is 0.0170 e. The molecule has 0 N–H and O–H groups in total. The highest BCUT2D eigenvalue weighted by Gasteiger charge is 2.40. The van der Waals surface area contributed by atoms with Gasteiger partial charge in [0.1, 0.15) is 0 Å². The minimum Gasteiger partial charge on any atom is -0.303 e. The fourth-order valence-corrected chi connectivity index (χ4v) is 4.36. The second kappa shape index (κ2) is 6.06. The monoisotopic (exact) mass is 313 g/mol. The Morgan fingerprint density at radius 1 is 0.955 bits per heavy atom. The first kappa shape index (κ1) is 15.6. The molecule has 1 saturated heterocycles. The maximum atomic E-state index is 2.57. The molecule has 2 aliphatic rings. The van der Waals surface area contributed by atoms with E-state index in [0.29, 0.717) is 12.0 Å². The highest BCUT2D eigenvalue weighted by Crippen LogP contribution is 2.47. The van der Waals surface area contributed by atoms with Gasteiger partial charge in [0.15, 0.2) is 0 Å². The Labute approximate surface area is 139 Å². The van der Waals surface area contributed by atoms with Crippen molar-refractivity contribution in [2.75, 3.05) is 13.6 Å². The number of hydrogen-bond donors (Lipinski definition) is 0. The van der Waals surface area contributed by atoms with Crippen molar-refractivity contribution < 1.29 is 0 Å². The van der Waals surface area contributed by atoms with Crippen LogP contribution in [0.1, 0.15) is 46.9 Å². The molecular weight excluding hydrogens is 290 g/mol. The van der Waals surface area contributed by atoms with Gasteiger partial charge in [-0.3, -0.25) is 0 Å². The number of nitrogens with zero attached hydrogens (tertiary/aromatic N) is 1. The topological polar surface area (TPSA) is 3.24 Å². The number of aryl methyl sites for hydroxylation is 1. The van der Waals surface area contributed by atoms with E-state index in [2.05, 4.69) is 67.4 Å². The van der Waals surface area contributed by atoms with E-state index >= 15 is 0 Å². The Morgan fingerprint density at radius 3 is 2.36 bits per heavy atom. The zero-order valence-electron chi connectivity index (χ0n) is 13.3. The molecule has 0 bridgehead atoms. The summed E-state index contributed by atoms with van der Waals surface area (Å²) in [5.41, 5.74) is 5.99. The average molecular weight is 314 g/mol. The molecule has 1 nitrogen and oxygen atoms in total. The van der Waals surface area contributed by atoms with Gasteiger partial charge in [-0.1, -0.05) is 54.1 Å². The molecule has 1 fully saturated rings. The first-order valence-corrected chi connectivity index (χ1v) is 8.09. The molecule has 2 aromatic carbocycles. The number of halogens is 1. The first-order valence-electron chi connectivity index (χ1n) is 8.09. The number of fused-ring (bicyclic) bond motifs is 3. The summed E-state index contributed by atoms with van der Waals surface area (Å²) in [6.07, 6.45) is 2.58. The molecule has 0 unspecified atom stereocenters. The highest BCUT2D eigenvalue weighted by atomic mass is 35.5. The second-order valence-corrected chi connectivity index (χ2v) is 6.77. The fraction of sp³-hybridized carbons (Fsp3) is 0.400. The van der Waals surface area contributed by atoms with Gasteiger partial charge >= 0.3 is 0 Å². The molecule has 4 rings (SSSR count). The number of likely N-dealkylation sites (N-methyl/N-ethyl adjacent to an activating group) is 1. The van der Waals surface area contributed by atoms with Crippen LogP contribution in [-0.4, -0.2) is 24.5 Å². The summed E-state index contributed by atoms with van der Waals surface area (Å²) in [5, 5.41) is 0. The quantitative estimate of drug-likeness (QED) is 0.735. The predicted octanol–water partition coefficient (Wildman–Crippen LogP) is 4.74. The van der Waals surface area contributed by atoms with Crippen LogP contribution in [0.4, 0.5) is 0 Å². The normalized spacial score (nSPS) is 26.9. The third kappa shape index (κ3) is 2.47. The van der Waals surface area contributed by atoms with Gasteiger partial charge < -0.3 is 4.90 Å². The van der Waals surface area contributed by atoms with E-state index in [1.807, 2.05) is 0 Å². The molecule has 1 heterocycles. The van der Waals surface area contributed by atoms with Crippen LogP contribution in [0.25, 0.3) is 0 Å². The predicted molar refractivity (Wildman–Crippen MR) is 95.1 cm³/mol. The van der Waals surface area contributed by atoms with Crippen molar-refractivity contribution >= 4 is 12.4 Å². The minimum atomic E-state index is 0. The number of hydrogen-bond acceptors (Lipinski definition) is 1. The smallest absolute Gasteiger partial charge is 0.0170 e. The van der Waals surface area contributed by atoms with E-state index in [1.54, 1.807) is 11.1 Å². The summed E-state index contributed by atoms with van der Waals surface area (Å²) in [4.78, 5) is 2.57. The lowest BCUT2D eigenvalue weighted by Gasteiger charge is -2.37. The van der Waals surface area contributed by atoms with Gasteiger partial charge in [-0.15, -0.1) is 12.4 Å². The van der Waals surface area contributed by atoms with Crippen molar-refractivity contribution in [3.63, 3.8) is 0 Å². The minimum absolute atomic E-state index is 0. The van der Waals surface area contributed by atoms with Crippen LogP contribution in [0.2, 0.25) is 0 Å². The Kier molecular flexibility index (Phi) is 4.29. The molecule has 0 saturated carbocycles. The number of benzene rings is 2. The van der Waals surface area contributed by atoms with E-state index in [0.717, 1.165) is 5.92 Å². The molecule has 1 aliphatic carbocycles. The van der Waals surface area contributed by atoms with E-state index in [-0.39, 0.29) is 12.4 Å². The van der Waals surface area contributed by atoms with Crippen molar-refractivity contribution in [3.05, 3.63) is 70.8 Å². The Balaban J connectivity index is 0.00000144. The van der Waals surface area contributed by atoms with Crippen LogP contribution in [0.15, 0.2) is 48.5 Å². The molecule has 2 heteroatoms. The van der Waals surface area contributed by atoms with Gasteiger partial charge in [0.05, 0.1) is 0 Å². The summed E-state index contributed by atoms with van der Waals surface area (Å²) in [6, 6.07) is 19.0. The van der Waals surface area contributed by atoms with Gasteiger partial charge in [-0.05, 0) is 50.0 Å². The lowest BCUT2D eigenvalue weighted by Crippen LogP contribution is -2.34. The fourth-order valence-electron chi connectivity index (χ4n) is 4.36. The van der Waals surface area contributed by atoms with Gasteiger partial charge in [0.25, 0.3) is 0 Å². The van der Waals surface area contributed by atoms with Crippen LogP contribution in [0.5, 0.6) is 0 Å². The van der Waals surface area contributed by atoms with Gasteiger partial charge in [-0.25, -0.2) is 0 Å². The first-order chi connectivity index (χ1) is 10.2. The van der Waals surface area contributed by atoms with Crippen molar-refractivity contribution in [2.45, 2.75) is 37.6 Å². The van der Waals surface area contributed by atoms with Crippen LogP contribution in [0.3, 0.4) is 0 Å². The molecule has 1 aliphatic heterocycles. The van der Waals surface area contributed by atoms with Crippen molar-refractivity contribution in [1.29, 1.82) is 0 Å². The molecule has 22 heavy (non-hydrogen) atoms. The largest absolute Gasteiger partial charge is 0.303 e. The van der Waals surface area contributed by atoms with E-state index in [1.165, 1.54) is 30.5 Å². The van der Waals surface area contributed by atoms with Crippen LogP contribution in [-0.2, 0) is 0 Å². The van der Waals surface area contributed by atoms with Gasteiger partial charge in [-0.2, -0.15) is 0 Å². The van der Waals surface area contributed by atoms with Gasteiger partial charge in [0.2, 0.25) is 0 Å². The highest BCUT2D eigenvalue weighted by molar-refractivity contribution is 5.85. The lowest BCUT2D eigenvalue weighted by atomic mass is 9.71. The van der Waals surface area contributed by atoms with Crippen molar-refractivity contribution in [3.8, 4) is 0 Å². The molecule has 0 aromatic heterocycles. The molecule has 0 spiro atoms. The number of likely N-dealkylation sites (tertiary alicyclic amines) is 1. The summed E-state index contributed by atoms with van der Waals surface area (Å²) in [7, 11) is 2.30. The van der Waals surface area contributed by atoms with E-state index in [4.69, 9.17) is 0 Å². The molecule has 0 amide bonds. The molecule has 2 aromatic rings. The zero-order chi connectivity index (χ0) is 14.4. The van der Waals surface area contributed by atoms with Crippen LogP contribution in [0, 0.1) is 6.92 Å². The van der Waals surface area contributed by atoms with E-state index < -0.39 is 0 Å². The third-order valence-corrected chi connectivity index (χ3v) is 5.55. The molecule has 3 atom stereocenters. The van der Waals surface area contributed by atoms with Crippen LogP contribution < -0.4 is 0 Å². The van der Waals surface area contributed by atoms with Crippen molar-refractivity contribution in [2.24, 2.45) is 0 Å². The van der Waals surface area contributed by atoms with Gasteiger partial charge in [0, 0.05) is 17.9 Å². The number of rotatable bonds is 1. The third-order valence-electron chi connectivity index (χ3n) is 5.55. The summed E-state index contributed by atoms with van der Waals surface area (Å²) >= 11 is 0. The summed E-state index contributed by atoms with van der Waals surface area (Å²) < 4.78 is 0. The SMILES string of the molecule is Cc1ccc([C@@H]2C[C@H]3[C@H](CCN3C)c3ccccc32)cc1.Cl. The Morgan fingerprint density at radius 2 is 1.64 bits per heavy atom. The summed E-state index contributed by atoms with van der Waals surface area (Å²) in [5.74, 6) is 1.30. The Hall–Kier alpha value is -1.31. The Bertz CT molecular complexity index is 649. The standard InChI is InChI=1S/C20H23N.ClH/c1-14-7-9-15(10-8-14)19-13-20-18(11-12-21(20)2)16-5-3-4-6-17(16)19;/h3-10,18-20H,11-13H2,1-2H3;1H/t18-,19+,20+;/m1./s1. The molecule has 0 radical (unpaired) electrons. The lowest BCUT2D eigenvalue weighted by molar-refractivity contribution is 0.265. The van der Waals surface area contributed by atoms with Crippen molar-refractivity contribution in [1.82, 2.24) is 4.90 Å². The molecular formula is C20H24ClN. The summed E-state index contributed by atoms with van der Waals surface area (Å²) in [6.45, 7) is 3.41. The maximum absolute atomic E-state index is 2.57. The van der Waals surface area contributed by atoms with Crippen LogP contribution >= 0.6 is 12.4 Å². The zero-order valence-corrected chi connectivity index (χ0v) is 14.1.